The van der Waals surface area contributed by atoms with Gasteiger partial charge in [-0.15, -0.1) is 0 Å². The second-order valence-electron chi connectivity index (χ2n) is 2.81. The summed E-state index contributed by atoms with van der Waals surface area (Å²) in [7, 11) is -6.81. The smallest absolute Gasteiger partial charge is 0.266 e. The third kappa shape index (κ3) is 8.38. The summed E-state index contributed by atoms with van der Waals surface area (Å²) < 4.78 is 58.4. The first-order valence-corrected chi connectivity index (χ1v) is 6.93. The Labute approximate surface area is 83.0 Å². The molecule has 0 spiro atoms. The number of hydrogen-bond acceptors (Lipinski definition) is 5. The molecular weight excluding hydrogens is 234 g/mol. The van der Waals surface area contributed by atoms with Crippen LogP contribution in [0, 0.1) is 0 Å². The van der Waals surface area contributed by atoms with Crippen molar-refractivity contribution >= 4 is 20.2 Å². The zero-order valence-corrected chi connectivity index (χ0v) is 9.18. The molecule has 0 fully saturated rings. The van der Waals surface area contributed by atoms with Crippen molar-refractivity contribution < 1.29 is 25.9 Å². The fraction of sp³-hybridized carbons (Fsp3) is 1.00. The topological polar surface area (TPSA) is 121 Å². The van der Waals surface area contributed by atoms with Crippen LogP contribution in [-0.4, -0.2) is 50.5 Å². The molecule has 0 heterocycles. The molecule has 0 aromatic carbocycles. The Balaban J connectivity index is 4.19. The fourth-order valence-electron chi connectivity index (χ4n) is 0.856. The lowest BCUT2D eigenvalue weighted by Crippen LogP contribution is -2.34. The van der Waals surface area contributed by atoms with Gasteiger partial charge in [-0.3, -0.25) is 9.11 Å². The van der Waals surface area contributed by atoms with Crippen LogP contribution in [0.15, 0.2) is 0 Å². The lowest BCUT2D eigenvalue weighted by atomic mass is 10.3. The van der Waals surface area contributed by atoms with Gasteiger partial charge in [0.2, 0.25) is 0 Å². The van der Waals surface area contributed by atoms with Crippen molar-refractivity contribution in [3.05, 3.63) is 0 Å². The Kier molecular flexibility index (Phi) is 4.95. The van der Waals surface area contributed by atoms with Gasteiger partial charge < -0.3 is 5.32 Å². The predicted octanol–water partition coefficient (Wildman–Crippen LogP) is -1.26. The van der Waals surface area contributed by atoms with E-state index in [1.165, 1.54) is 7.05 Å². The van der Waals surface area contributed by atoms with Gasteiger partial charge in [-0.1, -0.05) is 0 Å². The Morgan fingerprint density at radius 2 is 1.64 bits per heavy atom. The summed E-state index contributed by atoms with van der Waals surface area (Å²) in [4.78, 5) is 0. The highest BCUT2D eigenvalue weighted by Gasteiger charge is 2.17. The van der Waals surface area contributed by atoms with Crippen molar-refractivity contribution in [1.82, 2.24) is 5.32 Å². The van der Waals surface area contributed by atoms with Gasteiger partial charge in [-0.2, -0.15) is 16.8 Å². The highest BCUT2D eigenvalue weighted by Crippen LogP contribution is 1.99. The zero-order chi connectivity index (χ0) is 11.4. The fourth-order valence-corrected chi connectivity index (χ4v) is 2.28. The molecule has 0 bridgehead atoms. The maximum Gasteiger partial charge on any atom is 0.266 e. The molecule has 14 heavy (non-hydrogen) atoms. The Morgan fingerprint density at radius 1 is 1.14 bits per heavy atom. The minimum atomic E-state index is -4.14. The molecule has 0 rings (SSSR count). The lowest BCUT2D eigenvalue weighted by Gasteiger charge is -2.12. The molecule has 1 atom stereocenters. The molecule has 0 aliphatic carbocycles. The minimum Gasteiger partial charge on any atom is -0.316 e. The second kappa shape index (κ2) is 5.03. The van der Waals surface area contributed by atoms with Crippen molar-refractivity contribution in [2.45, 2.75) is 12.5 Å². The number of rotatable bonds is 6. The standard InChI is InChI=1S/C5H13NO6S2/c1-6-5(4-14(10,11)12)2-3-13(7,8)9/h5-6H,2-4H2,1H3,(H,7,8,9)(H,10,11,12). The summed E-state index contributed by atoms with van der Waals surface area (Å²) in [6.45, 7) is 0. The van der Waals surface area contributed by atoms with Crippen LogP contribution in [0.1, 0.15) is 6.42 Å². The third-order valence-corrected chi connectivity index (χ3v) is 3.12. The molecule has 86 valence electrons. The summed E-state index contributed by atoms with van der Waals surface area (Å²) in [5.41, 5.74) is 0. The molecule has 0 aromatic rings. The van der Waals surface area contributed by atoms with Crippen LogP contribution in [0.3, 0.4) is 0 Å². The first kappa shape index (κ1) is 13.8. The highest BCUT2D eigenvalue weighted by molar-refractivity contribution is 7.86. The molecule has 0 aliphatic heterocycles. The molecule has 3 N–H and O–H groups in total. The first-order valence-electron chi connectivity index (χ1n) is 3.71. The van der Waals surface area contributed by atoms with E-state index >= 15 is 0 Å². The summed E-state index contributed by atoms with van der Waals surface area (Å²) in [6, 6.07) is -0.702. The van der Waals surface area contributed by atoms with E-state index < -0.39 is 37.8 Å². The van der Waals surface area contributed by atoms with Gasteiger partial charge in [0.1, 0.15) is 0 Å². The van der Waals surface area contributed by atoms with Gasteiger partial charge in [-0.05, 0) is 13.5 Å². The molecule has 9 heteroatoms. The highest BCUT2D eigenvalue weighted by atomic mass is 32.2. The predicted molar refractivity (Wildman–Crippen MR) is 50.3 cm³/mol. The van der Waals surface area contributed by atoms with E-state index in [0.717, 1.165) is 0 Å². The van der Waals surface area contributed by atoms with Gasteiger partial charge in [0.25, 0.3) is 20.2 Å². The first-order chi connectivity index (χ1) is 6.14. The van der Waals surface area contributed by atoms with Crippen LogP contribution >= 0.6 is 0 Å². The largest absolute Gasteiger partial charge is 0.316 e. The minimum absolute atomic E-state index is 0.0882. The summed E-state index contributed by atoms with van der Waals surface area (Å²) in [5, 5.41) is 2.52. The Hall–Kier alpha value is -0.220. The summed E-state index contributed by atoms with van der Waals surface area (Å²) >= 11 is 0. The van der Waals surface area contributed by atoms with E-state index in [9.17, 15) is 16.8 Å². The molecule has 0 aromatic heterocycles. The van der Waals surface area contributed by atoms with Gasteiger partial charge >= 0.3 is 0 Å². The molecule has 7 nitrogen and oxygen atoms in total. The van der Waals surface area contributed by atoms with Crippen LogP contribution in [0.4, 0.5) is 0 Å². The van der Waals surface area contributed by atoms with E-state index in [1.54, 1.807) is 0 Å². The molecule has 1 unspecified atom stereocenters. The van der Waals surface area contributed by atoms with E-state index in [-0.39, 0.29) is 6.42 Å². The molecule has 0 saturated carbocycles. The van der Waals surface area contributed by atoms with Crippen molar-refractivity contribution in [2.24, 2.45) is 0 Å². The van der Waals surface area contributed by atoms with E-state index in [2.05, 4.69) is 5.32 Å². The molecule has 0 radical (unpaired) electrons. The quantitative estimate of drug-likeness (QED) is 0.501. The van der Waals surface area contributed by atoms with Crippen LogP contribution in [0.2, 0.25) is 0 Å². The van der Waals surface area contributed by atoms with Crippen molar-refractivity contribution in [3.8, 4) is 0 Å². The SMILES string of the molecule is CNC(CCS(=O)(=O)O)CS(=O)(=O)O. The van der Waals surface area contributed by atoms with Crippen LogP contribution < -0.4 is 5.32 Å². The summed E-state index contributed by atoms with van der Waals surface area (Å²) in [5.74, 6) is -1.13. The lowest BCUT2D eigenvalue weighted by molar-refractivity contribution is 0.457. The maximum absolute atomic E-state index is 10.4. The van der Waals surface area contributed by atoms with Crippen LogP contribution in [0.25, 0.3) is 0 Å². The van der Waals surface area contributed by atoms with Gasteiger partial charge in [-0.25, -0.2) is 0 Å². The molecule has 0 saturated heterocycles. The zero-order valence-electron chi connectivity index (χ0n) is 7.54. The van der Waals surface area contributed by atoms with Crippen LogP contribution in [-0.2, 0) is 20.2 Å². The normalized spacial score (nSPS) is 15.4. The second-order valence-corrected chi connectivity index (χ2v) is 5.88. The van der Waals surface area contributed by atoms with Gasteiger partial charge in [0, 0.05) is 6.04 Å². The summed E-state index contributed by atoms with van der Waals surface area (Å²) in [6.07, 6.45) is -0.0882. The average Bonchev–Trinajstić information content (AvgIpc) is 1.94. The van der Waals surface area contributed by atoms with E-state index in [0.29, 0.717) is 0 Å². The Morgan fingerprint density at radius 3 is 1.93 bits per heavy atom. The third-order valence-electron chi connectivity index (χ3n) is 1.54. The molecule has 0 aliphatic rings. The van der Waals surface area contributed by atoms with Crippen LogP contribution in [0.5, 0.6) is 0 Å². The maximum atomic E-state index is 10.4. The van der Waals surface area contributed by atoms with Crippen molar-refractivity contribution in [2.75, 3.05) is 18.6 Å². The molecular formula is C5H13NO6S2. The number of hydrogen-bond donors (Lipinski definition) is 3. The monoisotopic (exact) mass is 247 g/mol. The van der Waals surface area contributed by atoms with Crippen molar-refractivity contribution in [1.29, 1.82) is 0 Å². The van der Waals surface area contributed by atoms with Gasteiger partial charge in [0.05, 0.1) is 11.5 Å². The molecule has 0 amide bonds. The van der Waals surface area contributed by atoms with E-state index in [4.69, 9.17) is 9.11 Å². The Bertz CT molecular complexity index is 358. The van der Waals surface area contributed by atoms with Gasteiger partial charge in [0.15, 0.2) is 0 Å². The number of nitrogens with one attached hydrogen (secondary N) is 1. The average molecular weight is 247 g/mol. The van der Waals surface area contributed by atoms with Crippen molar-refractivity contribution in [3.63, 3.8) is 0 Å². The van der Waals surface area contributed by atoms with E-state index in [1.807, 2.05) is 0 Å².